The fourth-order valence-corrected chi connectivity index (χ4v) is 10.8. The van der Waals surface area contributed by atoms with Crippen LogP contribution in [0.2, 0.25) is 0 Å². The van der Waals surface area contributed by atoms with Gasteiger partial charge in [-0.1, -0.05) is 340 Å². The van der Waals surface area contributed by atoms with E-state index in [2.05, 4.69) is 57.2 Å². The molecule has 0 rings (SSSR count). The molecule has 0 aliphatic carbocycles. The largest absolute Gasteiger partial charge is 0.462 e. The summed E-state index contributed by atoms with van der Waals surface area (Å²) in [5, 5.41) is 0. The molecule has 0 spiro atoms. The number of carbonyl (C=O) groups excluding carboxylic acids is 3. The molecule has 0 bridgehead atoms. The number of ether oxygens (including phenoxy) is 3. The van der Waals surface area contributed by atoms with E-state index in [0.29, 0.717) is 19.3 Å². The first-order valence-corrected chi connectivity index (χ1v) is 35.5. The Labute approximate surface area is 493 Å². The fourth-order valence-electron chi connectivity index (χ4n) is 10.8. The van der Waals surface area contributed by atoms with E-state index in [1.165, 1.54) is 270 Å². The van der Waals surface area contributed by atoms with E-state index in [1.54, 1.807) is 0 Å². The predicted molar refractivity (Wildman–Crippen MR) is 344 cm³/mol. The van der Waals surface area contributed by atoms with Crippen molar-refractivity contribution < 1.29 is 28.6 Å². The summed E-state index contributed by atoms with van der Waals surface area (Å²) in [5.41, 5.74) is 0. The van der Waals surface area contributed by atoms with Gasteiger partial charge in [-0.2, -0.15) is 0 Å². The summed E-state index contributed by atoms with van der Waals surface area (Å²) < 4.78 is 16.9. The lowest BCUT2D eigenvalue weighted by Crippen LogP contribution is -2.30. The SMILES string of the molecule is CCC/C=C\C/C=C\CCCCCCCC(=O)OCC(COC(=O)CCCCCCCCCCCCCCCCCCCCCCC/C=C\CCCCCCCCCC)OC(=O)CCCCCCCCCCCCCCCCC. The van der Waals surface area contributed by atoms with Gasteiger partial charge < -0.3 is 14.2 Å². The zero-order chi connectivity index (χ0) is 57.1. The van der Waals surface area contributed by atoms with Crippen molar-refractivity contribution in [2.45, 2.75) is 399 Å². The van der Waals surface area contributed by atoms with Crippen molar-refractivity contribution in [3.05, 3.63) is 36.5 Å². The van der Waals surface area contributed by atoms with Gasteiger partial charge in [-0.3, -0.25) is 14.4 Å². The lowest BCUT2D eigenvalue weighted by atomic mass is 10.0. The van der Waals surface area contributed by atoms with Gasteiger partial charge in [0.25, 0.3) is 0 Å². The van der Waals surface area contributed by atoms with Gasteiger partial charge in [-0.25, -0.2) is 0 Å². The number of unbranched alkanes of at least 4 members (excludes halogenated alkanes) is 49. The second kappa shape index (κ2) is 68.1. The molecule has 0 aromatic carbocycles. The molecule has 0 aromatic heterocycles. The van der Waals surface area contributed by atoms with E-state index >= 15 is 0 Å². The average molecular weight is 1110 g/mol. The number of carbonyl (C=O) groups is 3. The molecule has 0 aromatic rings. The van der Waals surface area contributed by atoms with Crippen LogP contribution in [0.4, 0.5) is 0 Å². The van der Waals surface area contributed by atoms with Crippen LogP contribution in [0.5, 0.6) is 0 Å². The first-order chi connectivity index (χ1) is 39.0. The van der Waals surface area contributed by atoms with Crippen LogP contribution >= 0.6 is 0 Å². The van der Waals surface area contributed by atoms with Crippen LogP contribution < -0.4 is 0 Å². The van der Waals surface area contributed by atoms with E-state index in [4.69, 9.17) is 14.2 Å². The molecule has 1 unspecified atom stereocenters. The molecule has 0 N–H and O–H groups in total. The fraction of sp³-hybridized carbons (Fsp3) is 0.877. The van der Waals surface area contributed by atoms with E-state index in [0.717, 1.165) is 83.5 Å². The van der Waals surface area contributed by atoms with Gasteiger partial charge in [0, 0.05) is 19.3 Å². The second-order valence-corrected chi connectivity index (χ2v) is 24.1. The third-order valence-corrected chi connectivity index (χ3v) is 16.1. The van der Waals surface area contributed by atoms with Crippen molar-refractivity contribution in [1.29, 1.82) is 0 Å². The van der Waals surface area contributed by atoms with Crippen LogP contribution in [0, 0.1) is 0 Å². The number of rotatable bonds is 66. The van der Waals surface area contributed by atoms with Crippen molar-refractivity contribution >= 4 is 17.9 Å². The quantitative estimate of drug-likeness (QED) is 0.0261. The molecule has 0 radical (unpaired) electrons. The summed E-state index contributed by atoms with van der Waals surface area (Å²) in [7, 11) is 0. The summed E-state index contributed by atoms with van der Waals surface area (Å²) in [6.45, 7) is 6.63. The van der Waals surface area contributed by atoms with Gasteiger partial charge >= 0.3 is 17.9 Å². The Balaban J connectivity index is 4.07. The molecule has 0 saturated heterocycles. The molecular weight excluding hydrogens is 973 g/mol. The topological polar surface area (TPSA) is 78.9 Å². The molecule has 0 saturated carbocycles. The highest BCUT2D eigenvalue weighted by atomic mass is 16.6. The van der Waals surface area contributed by atoms with Crippen LogP contribution in [0.15, 0.2) is 36.5 Å². The monoisotopic (exact) mass is 1110 g/mol. The van der Waals surface area contributed by atoms with E-state index in [-0.39, 0.29) is 31.1 Å². The lowest BCUT2D eigenvalue weighted by Gasteiger charge is -2.18. The summed E-state index contributed by atoms with van der Waals surface area (Å²) in [6, 6.07) is 0. The third-order valence-electron chi connectivity index (χ3n) is 16.1. The third kappa shape index (κ3) is 66.3. The Morgan fingerprint density at radius 1 is 0.253 bits per heavy atom. The highest BCUT2D eigenvalue weighted by Gasteiger charge is 2.19. The molecule has 0 fully saturated rings. The second-order valence-electron chi connectivity index (χ2n) is 24.1. The van der Waals surface area contributed by atoms with Crippen LogP contribution in [0.3, 0.4) is 0 Å². The maximum Gasteiger partial charge on any atom is 0.306 e. The lowest BCUT2D eigenvalue weighted by molar-refractivity contribution is -0.167. The maximum absolute atomic E-state index is 12.9. The zero-order valence-corrected chi connectivity index (χ0v) is 53.4. The minimum Gasteiger partial charge on any atom is -0.462 e. The number of esters is 3. The summed E-state index contributed by atoms with van der Waals surface area (Å²) >= 11 is 0. The standard InChI is InChI=1S/C73H136O6/c1-4-7-10-13-16-19-22-25-27-28-29-30-31-32-33-34-35-36-37-38-39-40-41-42-43-44-46-48-51-54-57-60-63-66-72(75)78-69-70(68-77-71(74)65-62-59-56-53-50-47-24-21-18-15-12-9-6-3)79-73(76)67-64-61-58-55-52-49-45-26-23-20-17-14-11-8-5-2/h12,15,21,24,28-29,70H,4-11,13-14,16-20,22-23,25-27,30-69H2,1-3H3/b15-12-,24-21-,29-28-. The van der Waals surface area contributed by atoms with Crippen LogP contribution in [0.25, 0.3) is 0 Å². The summed E-state index contributed by atoms with van der Waals surface area (Å²) in [4.78, 5) is 38.3. The molecule has 0 aliphatic heterocycles. The van der Waals surface area contributed by atoms with Crippen LogP contribution in [0.1, 0.15) is 393 Å². The molecule has 0 heterocycles. The minimum atomic E-state index is -0.774. The Morgan fingerprint density at radius 2 is 0.481 bits per heavy atom. The Hall–Kier alpha value is -2.37. The Morgan fingerprint density at radius 3 is 0.759 bits per heavy atom. The Kier molecular flexibility index (Phi) is 66.1. The normalized spacial score (nSPS) is 12.2. The highest BCUT2D eigenvalue weighted by Crippen LogP contribution is 2.19. The summed E-state index contributed by atoms with van der Waals surface area (Å²) in [6.07, 6.45) is 84.8. The van der Waals surface area contributed by atoms with Crippen molar-refractivity contribution in [2.75, 3.05) is 13.2 Å². The van der Waals surface area contributed by atoms with Gasteiger partial charge in [-0.05, 0) is 70.6 Å². The first kappa shape index (κ1) is 76.6. The zero-order valence-electron chi connectivity index (χ0n) is 53.4. The van der Waals surface area contributed by atoms with Gasteiger partial charge in [0.2, 0.25) is 0 Å². The molecule has 6 nitrogen and oxygen atoms in total. The van der Waals surface area contributed by atoms with Crippen molar-refractivity contribution in [1.82, 2.24) is 0 Å². The smallest absolute Gasteiger partial charge is 0.306 e. The molecule has 6 heteroatoms. The van der Waals surface area contributed by atoms with Crippen molar-refractivity contribution in [2.24, 2.45) is 0 Å². The van der Waals surface area contributed by atoms with Gasteiger partial charge in [-0.15, -0.1) is 0 Å². The summed E-state index contributed by atoms with van der Waals surface area (Å²) in [5.74, 6) is -0.859. The number of hydrogen-bond acceptors (Lipinski definition) is 6. The average Bonchev–Trinajstić information content (AvgIpc) is 3.45. The van der Waals surface area contributed by atoms with E-state index in [1.807, 2.05) is 0 Å². The number of allylic oxidation sites excluding steroid dienone is 6. The van der Waals surface area contributed by atoms with Crippen molar-refractivity contribution in [3.8, 4) is 0 Å². The van der Waals surface area contributed by atoms with Gasteiger partial charge in [0.1, 0.15) is 13.2 Å². The van der Waals surface area contributed by atoms with E-state index < -0.39 is 6.10 Å². The highest BCUT2D eigenvalue weighted by molar-refractivity contribution is 5.71. The molecule has 0 amide bonds. The molecular formula is C73H136O6. The first-order valence-electron chi connectivity index (χ1n) is 35.5. The van der Waals surface area contributed by atoms with Crippen molar-refractivity contribution in [3.63, 3.8) is 0 Å². The van der Waals surface area contributed by atoms with E-state index in [9.17, 15) is 14.4 Å². The molecule has 0 aliphatic rings. The van der Waals surface area contributed by atoms with Crippen LogP contribution in [-0.2, 0) is 28.6 Å². The minimum absolute atomic E-state index is 0.0709. The molecule has 79 heavy (non-hydrogen) atoms. The molecule has 1 atom stereocenters. The van der Waals surface area contributed by atoms with Crippen LogP contribution in [-0.4, -0.2) is 37.2 Å². The number of hydrogen-bond donors (Lipinski definition) is 0. The maximum atomic E-state index is 12.9. The molecule has 464 valence electrons. The van der Waals surface area contributed by atoms with Gasteiger partial charge in [0.05, 0.1) is 0 Å². The Bertz CT molecular complexity index is 1320. The predicted octanol–water partition coefficient (Wildman–Crippen LogP) is 24.3. The van der Waals surface area contributed by atoms with Gasteiger partial charge in [0.15, 0.2) is 6.10 Å².